The molecule has 2 aliphatic rings. The Balaban J connectivity index is 1.27. The number of hydrogen-bond acceptors (Lipinski definition) is 9. The minimum atomic E-state index is -0.464. The second-order valence-electron chi connectivity index (χ2n) is 10.7. The van der Waals surface area contributed by atoms with Crippen LogP contribution in [-0.2, 0) is 32.0 Å². The number of aryl methyl sites for hydroxylation is 1. The minimum Gasteiger partial charge on any atom is -0.491 e. The molecule has 12 heteroatoms. The summed E-state index contributed by atoms with van der Waals surface area (Å²) in [6.07, 6.45) is 2.28. The normalized spacial score (nSPS) is 17.1. The standard InChI is InChI=1S/C30H43ClN4O6S/c1-5-25-32-23(20-42-25)29(37)35-15-17-41-30(21-35)11-13-33(14-12-30)18-22-8-7-9-24(28(22)31)40-16-10-26(36)34(6-2)19-27(38-3)39-4/h7-9,20,27H,5-6,10-19,21H2,1-4H3. The van der Waals surface area contributed by atoms with Crippen molar-refractivity contribution in [2.75, 3.05) is 66.7 Å². The zero-order valence-electron chi connectivity index (χ0n) is 25.1. The molecule has 0 N–H and O–H groups in total. The lowest BCUT2D eigenvalue weighted by Crippen LogP contribution is -2.58. The highest BCUT2D eigenvalue weighted by atomic mass is 35.5. The van der Waals surface area contributed by atoms with E-state index in [1.54, 1.807) is 30.5 Å². The Kier molecular flexibility index (Phi) is 12.0. The van der Waals surface area contributed by atoms with E-state index in [1.807, 2.05) is 42.3 Å². The van der Waals surface area contributed by atoms with Crippen LogP contribution in [0.15, 0.2) is 23.6 Å². The number of likely N-dealkylation sites (N-methyl/N-ethyl adjacent to an activating group) is 1. The van der Waals surface area contributed by atoms with Crippen LogP contribution in [0.25, 0.3) is 0 Å². The van der Waals surface area contributed by atoms with Crippen LogP contribution in [-0.4, -0.2) is 110 Å². The van der Waals surface area contributed by atoms with E-state index in [9.17, 15) is 9.59 Å². The lowest BCUT2D eigenvalue weighted by Gasteiger charge is -2.47. The van der Waals surface area contributed by atoms with Crippen molar-refractivity contribution in [1.29, 1.82) is 0 Å². The number of piperidine rings is 1. The largest absolute Gasteiger partial charge is 0.491 e. The summed E-state index contributed by atoms with van der Waals surface area (Å²) < 4.78 is 22.7. The number of nitrogens with zero attached hydrogens (tertiary/aromatic N) is 4. The molecule has 2 saturated heterocycles. The maximum atomic E-state index is 13.1. The van der Waals surface area contributed by atoms with E-state index in [4.69, 9.17) is 30.5 Å². The van der Waals surface area contributed by atoms with Crippen LogP contribution in [0.4, 0.5) is 0 Å². The highest BCUT2D eigenvalue weighted by molar-refractivity contribution is 7.09. The molecular weight excluding hydrogens is 580 g/mol. The molecule has 2 fully saturated rings. The van der Waals surface area contributed by atoms with Gasteiger partial charge in [-0.1, -0.05) is 30.7 Å². The van der Waals surface area contributed by atoms with Gasteiger partial charge < -0.3 is 28.7 Å². The molecule has 2 amide bonds. The van der Waals surface area contributed by atoms with Gasteiger partial charge in [0.1, 0.15) is 11.4 Å². The number of thiazole rings is 1. The van der Waals surface area contributed by atoms with Gasteiger partial charge in [0.05, 0.1) is 48.4 Å². The Hall–Kier alpha value is -2.28. The third-order valence-electron chi connectivity index (χ3n) is 8.02. The first kappa shape index (κ1) is 32.6. The van der Waals surface area contributed by atoms with Crippen LogP contribution in [0, 0.1) is 0 Å². The number of likely N-dealkylation sites (tertiary alicyclic amines) is 1. The van der Waals surface area contributed by atoms with Gasteiger partial charge in [0.25, 0.3) is 5.91 Å². The van der Waals surface area contributed by atoms with Crippen molar-refractivity contribution in [1.82, 2.24) is 19.7 Å². The number of carbonyl (C=O) groups excluding carboxylic acids is 2. The topological polar surface area (TPSA) is 93.7 Å². The lowest BCUT2D eigenvalue weighted by atomic mass is 9.89. The molecule has 2 aliphatic heterocycles. The molecule has 1 aromatic heterocycles. The fourth-order valence-corrected chi connectivity index (χ4v) is 6.40. The molecule has 3 heterocycles. The summed E-state index contributed by atoms with van der Waals surface area (Å²) in [6.45, 7) is 9.20. The molecular formula is C30H43ClN4O6S. The predicted octanol–water partition coefficient (Wildman–Crippen LogP) is 4.10. The number of halogens is 1. The van der Waals surface area contributed by atoms with Crippen molar-refractivity contribution in [3.8, 4) is 5.75 Å². The van der Waals surface area contributed by atoms with E-state index in [1.165, 1.54) is 0 Å². The van der Waals surface area contributed by atoms with Crippen LogP contribution < -0.4 is 4.74 Å². The van der Waals surface area contributed by atoms with Gasteiger partial charge >= 0.3 is 0 Å². The molecule has 42 heavy (non-hydrogen) atoms. The monoisotopic (exact) mass is 622 g/mol. The predicted molar refractivity (Wildman–Crippen MR) is 162 cm³/mol. The number of morpholine rings is 1. The first-order chi connectivity index (χ1) is 20.3. The smallest absolute Gasteiger partial charge is 0.273 e. The number of rotatable bonds is 13. The zero-order valence-corrected chi connectivity index (χ0v) is 26.7. The van der Waals surface area contributed by atoms with Crippen LogP contribution in [0.2, 0.25) is 5.02 Å². The van der Waals surface area contributed by atoms with Crippen molar-refractivity contribution in [3.63, 3.8) is 0 Å². The highest BCUT2D eigenvalue weighted by Gasteiger charge is 2.41. The van der Waals surface area contributed by atoms with Gasteiger partial charge in [-0.05, 0) is 37.8 Å². The molecule has 0 aliphatic carbocycles. The molecule has 0 bridgehead atoms. The van der Waals surface area contributed by atoms with E-state index in [0.29, 0.717) is 55.8 Å². The quantitative estimate of drug-likeness (QED) is 0.308. The van der Waals surface area contributed by atoms with Gasteiger partial charge in [0.15, 0.2) is 6.29 Å². The van der Waals surface area contributed by atoms with Gasteiger partial charge in [-0.3, -0.25) is 14.5 Å². The van der Waals surface area contributed by atoms with Crippen molar-refractivity contribution >= 4 is 34.8 Å². The summed E-state index contributed by atoms with van der Waals surface area (Å²) in [5.41, 5.74) is 1.20. The molecule has 0 saturated carbocycles. The Bertz CT molecular complexity index is 1180. The molecule has 2 aromatic rings. The van der Waals surface area contributed by atoms with Crippen LogP contribution >= 0.6 is 22.9 Å². The molecule has 10 nitrogen and oxygen atoms in total. The van der Waals surface area contributed by atoms with Gasteiger partial charge in [-0.25, -0.2) is 4.98 Å². The first-order valence-electron chi connectivity index (χ1n) is 14.6. The number of ether oxygens (including phenoxy) is 4. The fourth-order valence-electron chi connectivity index (χ4n) is 5.44. The van der Waals surface area contributed by atoms with Crippen molar-refractivity contribution in [3.05, 3.63) is 44.9 Å². The summed E-state index contributed by atoms with van der Waals surface area (Å²) in [5, 5.41) is 3.42. The molecule has 232 valence electrons. The van der Waals surface area contributed by atoms with Crippen LogP contribution in [0.3, 0.4) is 0 Å². The maximum Gasteiger partial charge on any atom is 0.273 e. The molecule has 4 rings (SSSR count). The number of hydrogen-bond donors (Lipinski definition) is 0. The van der Waals surface area contributed by atoms with Crippen molar-refractivity contribution < 1.29 is 28.5 Å². The maximum absolute atomic E-state index is 13.1. The minimum absolute atomic E-state index is 0.00194. The lowest BCUT2D eigenvalue weighted by molar-refractivity contribution is -0.145. The summed E-state index contributed by atoms with van der Waals surface area (Å²) in [4.78, 5) is 36.2. The van der Waals surface area contributed by atoms with Gasteiger partial charge in [0.2, 0.25) is 5.91 Å². The molecule has 0 atom stereocenters. The number of methoxy groups -OCH3 is 2. The Morgan fingerprint density at radius 1 is 1.19 bits per heavy atom. The summed E-state index contributed by atoms with van der Waals surface area (Å²) in [7, 11) is 3.11. The van der Waals surface area contributed by atoms with Crippen molar-refractivity contribution in [2.45, 2.75) is 58.0 Å². The number of aromatic nitrogens is 1. The molecule has 0 radical (unpaired) electrons. The van der Waals surface area contributed by atoms with E-state index in [2.05, 4.69) is 9.88 Å². The van der Waals surface area contributed by atoms with Crippen LogP contribution in [0.1, 0.15) is 54.2 Å². The Morgan fingerprint density at radius 2 is 1.95 bits per heavy atom. The van der Waals surface area contributed by atoms with E-state index in [-0.39, 0.29) is 30.4 Å². The molecule has 1 spiro atoms. The average Bonchev–Trinajstić information content (AvgIpc) is 3.50. The van der Waals surface area contributed by atoms with Gasteiger partial charge in [-0.2, -0.15) is 0 Å². The molecule has 1 aromatic carbocycles. The number of benzene rings is 1. The van der Waals surface area contributed by atoms with E-state index >= 15 is 0 Å². The summed E-state index contributed by atoms with van der Waals surface area (Å²) in [6, 6.07) is 5.77. The molecule has 0 unspecified atom stereocenters. The van der Waals surface area contributed by atoms with Crippen LogP contribution in [0.5, 0.6) is 5.75 Å². The first-order valence-corrected chi connectivity index (χ1v) is 15.9. The zero-order chi connectivity index (χ0) is 30.1. The number of amides is 2. The second-order valence-corrected chi connectivity index (χ2v) is 12.0. The average molecular weight is 623 g/mol. The Labute approximate surface area is 257 Å². The summed E-state index contributed by atoms with van der Waals surface area (Å²) in [5.74, 6) is 0.537. The SMILES string of the molecule is CCc1nc(C(=O)N2CCOC3(CCN(Cc4cccc(OCCC(=O)N(CC)CC(OC)OC)c4Cl)CC3)C2)cs1. The third-order valence-corrected chi connectivity index (χ3v) is 9.44. The van der Waals surface area contributed by atoms with Gasteiger partial charge in [-0.15, -0.1) is 11.3 Å². The third kappa shape index (κ3) is 8.21. The number of carbonyl (C=O) groups is 2. The summed E-state index contributed by atoms with van der Waals surface area (Å²) >= 11 is 8.29. The van der Waals surface area contributed by atoms with Gasteiger partial charge in [0, 0.05) is 52.3 Å². The van der Waals surface area contributed by atoms with E-state index in [0.717, 1.165) is 42.9 Å². The fraction of sp³-hybridized carbons (Fsp3) is 0.633. The Morgan fingerprint density at radius 3 is 2.62 bits per heavy atom. The van der Waals surface area contributed by atoms with Crippen molar-refractivity contribution in [2.24, 2.45) is 0 Å². The van der Waals surface area contributed by atoms with E-state index < -0.39 is 6.29 Å². The second kappa shape index (κ2) is 15.4. The highest BCUT2D eigenvalue weighted by Crippen LogP contribution is 2.34.